The summed E-state index contributed by atoms with van der Waals surface area (Å²) in [5.74, 6) is 1.07. The van der Waals surface area contributed by atoms with E-state index in [1.165, 1.54) is 4.90 Å². The second-order valence-electron chi connectivity index (χ2n) is 5.23. The molecule has 1 amide bonds. The topological polar surface area (TPSA) is 68.0 Å². The third-order valence-electron chi connectivity index (χ3n) is 3.32. The van der Waals surface area contributed by atoms with E-state index in [0.717, 1.165) is 17.7 Å². The Hall–Kier alpha value is -2.31. The first-order valence-electron chi connectivity index (χ1n) is 7.78. The zero-order valence-corrected chi connectivity index (χ0v) is 14.9. The van der Waals surface area contributed by atoms with Crippen molar-refractivity contribution in [3.8, 4) is 11.5 Å². The van der Waals surface area contributed by atoms with Gasteiger partial charge in [-0.05, 0) is 48.6 Å². The van der Waals surface area contributed by atoms with Crippen LogP contribution < -0.4 is 5.32 Å². The van der Waals surface area contributed by atoms with Gasteiger partial charge in [0.05, 0.1) is 0 Å². The average Bonchev–Trinajstić information content (AvgIpc) is 3.09. The smallest absolute Gasteiger partial charge is 0.322 e. The van der Waals surface area contributed by atoms with Crippen LogP contribution in [0.15, 0.2) is 63.9 Å². The van der Waals surface area contributed by atoms with Gasteiger partial charge in [-0.3, -0.25) is 10.1 Å². The molecule has 0 saturated heterocycles. The molecule has 0 aliphatic heterocycles. The summed E-state index contributed by atoms with van der Waals surface area (Å²) in [5.41, 5.74) is 0.747. The van der Waals surface area contributed by atoms with Crippen molar-refractivity contribution in [2.75, 3.05) is 11.1 Å². The van der Waals surface area contributed by atoms with Crippen LogP contribution in [0, 0.1) is 0 Å². The fourth-order valence-electron chi connectivity index (χ4n) is 2.10. The molecule has 1 aromatic heterocycles. The van der Waals surface area contributed by atoms with Crippen LogP contribution in [0.5, 0.6) is 0 Å². The molecule has 2 aromatic carbocycles. The van der Waals surface area contributed by atoms with Crippen molar-refractivity contribution >= 4 is 35.3 Å². The summed E-state index contributed by atoms with van der Waals surface area (Å²) in [7, 11) is 0. The van der Waals surface area contributed by atoms with Crippen LogP contribution in [-0.2, 0) is 4.79 Å². The summed E-state index contributed by atoms with van der Waals surface area (Å²) in [6.07, 6.45) is 1.17. The number of nitrogens with one attached hydrogen (secondary N) is 1. The number of thioether (sulfide) groups is 1. The second-order valence-corrected chi connectivity index (χ2v) is 6.84. The maximum absolute atomic E-state index is 11.9. The number of benzene rings is 2. The Balaban J connectivity index is 1.44. The van der Waals surface area contributed by atoms with Crippen LogP contribution in [0.3, 0.4) is 0 Å². The van der Waals surface area contributed by atoms with Crippen molar-refractivity contribution in [3.05, 3.63) is 59.6 Å². The Kier molecular flexibility index (Phi) is 6.09. The van der Waals surface area contributed by atoms with Crippen molar-refractivity contribution in [1.82, 2.24) is 10.2 Å². The van der Waals surface area contributed by atoms with Gasteiger partial charge in [-0.25, -0.2) is 0 Å². The highest BCUT2D eigenvalue weighted by Gasteiger charge is 2.11. The minimum absolute atomic E-state index is 0.102. The number of amides is 1. The molecule has 0 radical (unpaired) electrons. The first-order valence-corrected chi connectivity index (χ1v) is 9.14. The van der Waals surface area contributed by atoms with E-state index >= 15 is 0 Å². The standard InChI is InChI=1S/C18H16ClN3O2S/c19-14-10-8-13(9-11-14)17-21-22-18(24-17)20-16(23)7-4-12-25-15-5-2-1-3-6-15/h1-3,5-6,8-11H,4,7,12H2,(H,20,22,23). The highest BCUT2D eigenvalue weighted by molar-refractivity contribution is 7.99. The van der Waals surface area contributed by atoms with Crippen molar-refractivity contribution in [2.45, 2.75) is 17.7 Å². The first kappa shape index (κ1) is 17.5. The van der Waals surface area contributed by atoms with Crippen LogP contribution in [0.4, 0.5) is 6.01 Å². The van der Waals surface area contributed by atoms with E-state index < -0.39 is 0 Å². The minimum Gasteiger partial charge on any atom is -0.403 e. The van der Waals surface area contributed by atoms with Gasteiger partial charge in [0.2, 0.25) is 11.8 Å². The summed E-state index contributed by atoms with van der Waals surface area (Å²) in [4.78, 5) is 13.1. The molecular weight excluding hydrogens is 358 g/mol. The van der Waals surface area contributed by atoms with E-state index in [-0.39, 0.29) is 11.9 Å². The molecule has 7 heteroatoms. The largest absolute Gasteiger partial charge is 0.403 e. The van der Waals surface area contributed by atoms with Gasteiger partial charge >= 0.3 is 6.01 Å². The Morgan fingerprint density at radius 3 is 2.60 bits per heavy atom. The van der Waals surface area contributed by atoms with Gasteiger partial charge in [0.1, 0.15) is 0 Å². The molecule has 1 heterocycles. The lowest BCUT2D eigenvalue weighted by molar-refractivity contribution is -0.116. The van der Waals surface area contributed by atoms with Crippen LogP contribution >= 0.6 is 23.4 Å². The van der Waals surface area contributed by atoms with Gasteiger partial charge in [-0.15, -0.1) is 16.9 Å². The van der Waals surface area contributed by atoms with Crippen molar-refractivity contribution in [2.24, 2.45) is 0 Å². The SMILES string of the molecule is O=C(CCCSc1ccccc1)Nc1nnc(-c2ccc(Cl)cc2)o1. The molecule has 0 aliphatic carbocycles. The number of aromatic nitrogens is 2. The molecule has 5 nitrogen and oxygen atoms in total. The fraction of sp³-hybridized carbons (Fsp3) is 0.167. The predicted octanol–water partition coefficient (Wildman–Crippen LogP) is 4.90. The maximum atomic E-state index is 11.9. The number of rotatable bonds is 7. The molecule has 0 bridgehead atoms. The number of anilines is 1. The summed E-state index contributed by atoms with van der Waals surface area (Å²) in [6, 6.07) is 17.2. The van der Waals surface area contributed by atoms with E-state index in [1.807, 2.05) is 18.2 Å². The van der Waals surface area contributed by atoms with Gasteiger partial charge in [0.25, 0.3) is 0 Å². The monoisotopic (exact) mass is 373 g/mol. The van der Waals surface area contributed by atoms with E-state index in [4.69, 9.17) is 16.0 Å². The van der Waals surface area contributed by atoms with Gasteiger partial charge < -0.3 is 4.42 Å². The Bertz CT molecular complexity index is 822. The molecule has 0 unspecified atom stereocenters. The summed E-state index contributed by atoms with van der Waals surface area (Å²) in [6.45, 7) is 0. The lowest BCUT2D eigenvalue weighted by atomic mass is 10.2. The number of hydrogen-bond donors (Lipinski definition) is 1. The van der Waals surface area contributed by atoms with Crippen molar-refractivity contribution in [3.63, 3.8) is 0 Å². The minimum atomic E-state index is -0.139. The second kappa shape index (κ2) is 8.69. The fourth-order valence-corrected chi connectivity index (χ4v) is 3.10. The Morgan fingerprint density at radius 2 is 1.84 bits per heavy atom. The highest BCUT2D eigenvalue weighted by Crippen LogP contribution is 2.22. The van der Waals surface area contributed by atoms with Crippen LogP contribution in [-0.4, -0.2) is 21.9 Å². The van der Waals surface area contributed by atoms with E-state index in [0.29, 0.717) is 17.3 Å². The van der Waals surface area contributed by atoms with Gasteiger partial charge in [-0.1, -0.05) is 34.9 Å². The van der Waals surface area contributed by atoms with Crippen LogP contribution in [0.1, 0.15) is 12.8 Å². The highest BCUT2D eigenvalue weighted by atomic mass is 35.5. The number of carbonyl (C=O) groups is 1. The lowest BCUT2D eigenvalue weighted by Crippen LogP contribution is -2.11. The maximum Gasteiger partial charge on any atom is 0.322 e. The normalized spacial score (nSPS) is 10.6. The molecule has 0 spiro atoms. The molecule has 0 fully saturated rings. The van der Waals surface area contributed by atoms with Gasteiger partial charge in [0.15, 0.2) is 0 Å². The summed E-state index contributed by atoms with van der Waals surface area (Å²) in [5, 5.41) is 11.0. The van der Waals surface area contributed by atoms with Gasteiger partial charge in [-0.2, -0.15) is 0 Å². The Labute approximate surface area is 154 Å². The molecule has 25 heavy (non-hydrogen) atoms. The molecular formula is C18H16ClN3O2S. The van der Waals surface area contributed by atoms with Crippen molar-refractivity contribution < 1.29 is 9.21 Å². The van der Waals surface area contributed by atoms with Crippen LogP contribution in [0.2, 0.25) is 5.02 Å². The predicted molar refractivity (Wildman–Crippen MR) is 99.8 cm³/mol. The van der Waals surface area contributed by atoms with E-state index in [2.05, 4.69) is 27.6 Å². The van der Waals surface area contributed by atoms with Crippen molar-refractivity contribution in [1.29, 1.82) is 0 Å². The number of nitrogens with zero attached hydrogens (tertiary/aromatic N) is 2. The Morgan fingerprint density at radius 1 is 1.08 bits per heavy atom. The molecule has 3 aromatic rings. The third kappa shape index (κ3) is 5.34. The van der Waals surface area contributed by atoms with E-state index in [9.17, 15) is 4.79 Å². The zero-order chi connectivity index (χ0) is 17.5. The van der Waals surface area contributed by atoms with Gasteiger partial charge in [0, 0.05) is 21.9 Å². The number of halogens is 1. The third-order valence-corrected chi connectivity index (χ3v) is 4.67. The molecule has 1 N–H and O–H groups in total. The quantitative estimate of drug-likeness (QED) is 0.471. The molecule has 128 valence electrons. The zero-order valence-electron chi connectivity index (χ0n) is 13.3. The first-order chi connectivity index (χ1) is 12.2. The molecule has 0 aliphatic rings. The molecule has 0 saturated carbocycles. The number of hydrogen-bond acceptors (Lipinski definition) is 5. The summed E-state index contributed by atoms with van der Waals surface area (Å²) >= 11 is 7.58. The number of carbonyl (C=O) groups excluding carboxylic acids is 1. The van der Waals surface area contributed by atoms with Crippen LogP contribution in [0.25, 0.3) is 11.5 Å². The lowest BCUT2D eigenvalue weighted by Gasteiger charge is -2.02. The van der Waals surface area contributed by atoms with E-state index in [1.54, 1.807) is 36.0 Å². The molecule has 0 atom stereocenters. The molecule has 3 rings (SSSR count). The average molecular weight is 374 g/mol. The summed E-state index contributed by atoms with van der Waals surface area (Å²) < 4.78 is 5.45.